The molecule has 16 heteroatoms. The zero-order chi connectivity index (χ0) is 106. The van der Waals surface area contributed by atoms with E-state index in [4.69, 9.17) is 23.2 Å². The third-order valence-electron chi connectivity index (χ3n) is 28.1. The molecule has 0 bridgehead atoms. The van der Waals surface area contributed by atoms with E-state index in [1.165, 1.54) is 68.1 Å². The molecule has 3 aliphatic carbocycles. The third kappa shape index (κ3) is 28.9. The van der Waals surface area contributed by atoms with Crippen molar-refractivity contribution in [2.75, 3.05) is 0 Å². The predicted molar refractivity (Wildman–Crippen MR) is 581 cm³/mol. The van der Waals surface area contributed by atoms with Crippen molar-refractivity contribution >= 4 is 23.2 Å². The van der Waals surface area contributed by atoms with Crippen molar-refractivity contribution in [3.05, 3.63) is 472 Å². The van der Waals surface area contributed by atoms with Crippen LogP contribution in [0.1, 0.15) is 207 Å². The van der Waals surface area contributed by atoms with Gasteiger partial charge in [-0.25, -0.2) is 61.5 Å². The van der Waals surface area contributed by atoms with Crippen LogP contribution in [-0.2, 0) is 0 Å². The molecule has 0 amide bonds. The molecule has 0 aliphatic heterocycles. The summed E-state index contributed by atoms with van der Waals surface area (Å²) in [6, 6.07) is 88.0. The molecule has 146 heavy (non-hydrogen) atoms. The average Bonchev–Trinajstić information content (AvgIpc) is 0.779. The molecule has 0 spiro atoms. The van der Waals surface area contributed by atoms with Crippen molar-refractivity contribution in [2.24, 2.45) is 17.8 Å². The second-order valence-corrected chi connectivity index (χ2v) is 40.3. The van der Waals surface area contributed by atoms with E-state index in [-0.39, 0.29) is 30.5 Å². The van der Waals surface area contributed by atoms with Gasteiger partial charge in [-0.15, -0.1) is 0 Å². The van der Waals surface area contributed by atoms with Gasteiger partial charge >= 0.3 is 0 Å². The summed E-state index contributed by atoms with van der Waals surface area (Å²) in [4.78, 5) is 0. The van der Waals surface area contributed by atoms with Gasteiger partial charge in [-0.2, -0.15) is 0 Å². The van der Waals surface area contributed by atoms with Gasteiger partial charge in [-0.05, 0) is 264 Å². The molecule has 3 aliphatic rings. The van der Waals surface area contributed by atoms with Gasteiger partial charge in [0.2, 0.25) is 0 Å². The first-order valence-corrected chi connectivity index (χ1v) is 50.6. The molecule has 3 fully saturated rings. The maximum atomic E-state index is 14.5. The summed E-state index contributed by atoms with van der Waals surface area (Å²) < 4.78 is 193. The number of rotatable bonds is 11. The Bertz CT molecular complexity index is 6400. The van der Waals surface area contributed by atoms with Gasteiger partial charge in [0.05, 0.1) is 10.0 Å². The van der Waals surface area contributed by atoms with Crippen molar-refractivity contribution in [2.45, 2.75) is 206 Å². The van der Waals surface area contributed by atoms with E-state index in [1.807, 2.05) is 187 Å². The second-order valence-electron chi connectivity index (χ2n) is 39.5. The lowest BCUT2D eigenvalue weighted by molar-refractivity contribution is 0.339. The monoisotopic (exact) mass is 2030 g/mol. The fraction of sp³-hybridized carbons (Fsp3) is 0.262. The fourth-order valence-electron chi connectivity index (χ4n) is 18.2. The van der Waals surface area contributed by atoms with Crippen molar-refractivity contribution in [1.29, 1.82) is 0 Å². The smallest absolute Gasteiger partial charge is 0.166 e. The first-order chi connectivity index (χ1) is 69.6. The van der Waals surface area contributed by atoms with Crippen LogP contribution in [0.2, 0.25) is 10.0 Å². The Morgan fingerprint density at radius 1 is 0.164 bits per heavy atom. The molecule has 16 aromatic carbocycles. The van der Waals surface area contributed by atoms with Crippen LogP contribution in [0.5, 0.6) is 0 Å². The lowest BCUT2D eigenvalue weighted by Gasteiger charge is -2.27. The highest BCUT2D eigenvalue weighted by molar-refractivity contribution is 6.33. The molecule has 762 valence electrons. The Kier molecular flexibility index (Phi) is 39.8. The maximum Gasteiger partial charge on any atom is 0.166 e. The molecule has 0 nitrogen and oxygen atoms in total. The van der Waals surface area contributed by atoms with E-state index in [0.29, 0.717) is 112 Å². The SMILES string of the molecule is Cc1ccc(-c2ccc(C)c(Cl)c2F)cc1.Cc1ccc(-c2ccc(C)c(F)c2Cl)cc1.Cc1ccc(-c2ccc(C)c(F)c2F)cc1.Cc1ccc(-c2ccc(C)c(F)c2F)cc1.Cc1ccc(-c2ccc(C)c(F)c2F)cc1.Cc1ccc(-c2ccc(C3CCC(C)CC3)c(F)c2F)cc1.Cc1ccc(-c2ccc(C3CCC(C)CC3)cc2)c(F)c1F.Cc1ccc(-c2ccc(C3CCC(C)CC3)cc2)c(F)c1F.[HH].[HH]. The summed E-state index contributed by atoms with van der Waals surface area (Å²) in [6.07, 6.45) is 14.2. The predicted octanol–water partition coefficient (Wildman–Crippen LogP) is 41.5. The summed E-state index contributed by atoms with van der Waals surface area (Å²) in [5.74, 6) is -5.89. The molecule has 19 rings (SSSR count). The highest BCUT2D eigenvalue weighted by Gasteiger charge is 2.28. The van der Waals surface area contributed by atoms with Gasteiger partial charge < -0.3 is 0 Å². The molecule has 0 aromatic heterocycles. The van der Waals surface area contributed by atoms with Gasteiger partial charge in [-0.3, -0.25) is 0 Å². The second kappa shape index (κ2) is 51.9. The van der Waals surface area contributed by atoms with Crippen molar-refractivity contribution in [3.63, 3.8) is 0 Å². The quantitative estimate of drug-likeness (QED) is 0.113. The lowest BCUT2D eigenvalue weighted by atomic mass is 9.79. The number of halogens is 16. The highest BCUT2D eigenvalue weighted by Crippen LogP contribution is 2.44. The van der Waals surface area contributed by atoms with Crippen LogP contribution < -0.4 is 0 Å². The van der Waals surface area contributed by atoms with Gasteiger partial charge in [0, 0.05) is 47.4 Å². The van der Waals surface area contributed by atoms with Crippen LogP contribution in [0, 0.1) is 189 Å². The van der Waals surface area contributed by atoms with E-state index in [1.54, 1.807) is 170 Å². The van der Waals surface area contributed by atoms with Gasteiger partial charge in [-0.1, -0.05) is 407 Å². The van der Waals surface area contributed by atoms with Crippen LogP contribution >= 0.6 is 23.2 Å². The Morgan fingerprint density at radius 2 is 0.342 bits per heavy atom. The van der Waals surface area contributed by atoms with Crippen molar-refractivity contribution in [3.8, 4) is 89.0 Å². The van der Waals surface area contributed by atoms with Crippen molar-refractivity contribution in [1.82, 2.24) is 0 Å². The minimum atomic E-state index is -0.774. The van der Waals surface area contributed by atoms with Gasteiger partial charge in [0.25, 0.3) is 0 Å². The summed E-state index contributed by atoms with van der Waals surface area (Å²) in [5.41, 5.74) is 22.3. The molecule has 0 unspecified atom stereocenters. The molecule has 3 saturated carbocycles. The summed E-state index contributed by atoms with van der Waals surface area (Å²) in [6.45, 7) is 30.0. The minimum absolute atomic E-state index is 0. The van der Waals surface area contributed by atoms with Crippen LogP contribution in [0.4, 0.5) is 61.5 Å². The number of hydrogen-bond acceptors (Lipinski definition) is 0. The largest absolute Gasteiger partial charge is 0.205 e. The van der Waals surface area contributed by atoms with Gasteiger partial charge in [0.15, 0.2) is 69.8 Å². The minimum Gasteiger partial charge on any atom is -0.205 e. The Labute approximate surface area is 866 Å². The van der Waals surface area contributed by atoms with E-state index in [2.05, 4.69) is 45.0 Å². The standard InChI is InChI=1S/3C20H22F2.2C14H12ClF.3C14H12F2.2H2/c1-13-3-7-15(8-4-13)17-11-12-18(20(22)19(17)21)16-9-5-14(2)6-10-16;2*1-13-3-6-15(7-4-13)16-8-10-17(11-9-16)18-12-5-14(2)19(21)20(18)22;1-9-3-6-11(7-4-9)12-8-5-10(2)14(16)13(12)15;4*1-9-3-6-11(7-4-9)12-8-5-10(2)13(15)14(12)16;;/h3-4,7-8,11-12,14,16H,5-6,9-10H2,1-2H3;2*5,8-13,15H,3-4,6-7H2,1-2H3;5*3-8H,1-2H3;2*1H. The first-order valence-electron chi connectivity index (χ1n) is 49.9. The Balaban J connectivity index is 0.000000173. The average molecular weight is 2030 g/mol. The molecule has 0 radical (unpaired) electrons. The highest BCUT2D eigenvalue weighted by atomic mass is 35.5. The van der Waals surface area contributed by atoms with Crippen molar-refractivity contribution < 1.29 is 64.3 Å². The van der Waals surface area contributed by atoms with E-state index in [9.17, 15) is 61.5 Å². The Morgan fingerprint density at radius 3 is 0.582 bits per heavy atom. The number of hydrogen-bond donors (Lipinski definition) is 0. The zero-order valence-corrected chi connectivity index (χ0v) is 87.2. The van der Waals surface area contributed by atoms with Crippen LogP contribution in [-0.4, -0.2) is 0 Å². The zero-order valence-electron chi connectivity index (χ0n) is 85.7. The molecule has 0 saturated heterocycles. The molecule has 0 atom stereocenters. The molecule has 0 heterocycles. The summed E-state index contributed by atoms with van der Waals surface area (Å²) in [7, 11) is 0. The normalized spacial score (nSPS) is 15.6. The number of aryl methyl sites for hydroxylation is 13. The number of benzene rings is 16. The van der Waals surface area contributed by atoms with Crippen LogP contribution in [0.15, 0.2) is 291 Å². The maximum absolute atomic E-state index is 14.5. The Hall–Kier alpha value is -12.9. The summed E-state index contributed by atoms with van der Waals surface area (Å²) >= 11 is 11.9. The molecule has 16 aromatic rings. The van der Waals surface area contributed by atoms with Crippen LogP contribution in [0.3, 0.4) is 0 Å². The third-order valence-corrected chi connectivity index (χ3v) is 28.9. The molecule has 0 N–H and O–H groups in total. The van der Waals surface area contributed by atoms with Crippen LogP contribution in [0.25, 0.3) is 89.0 Å². The molecular weight excluding hydrogens is 1900 g/mol. The fourth-order valence-corrected chi connectivity index (χ4v) is 18.7. The van der Waals surface area contributed by atoms with E-state index in [0.717, 1.165) is 104 Å². The van der Waals surface area contributed by atoms with E-state index < -0.39 is 69.8 Å². The first kappa shape index (κ1) is 112. The van der Waals surface area contributed by atoms with E-state index >= 15 is 0 Å². The summed E-state index contributed by atoms with van der Waals surface area (Å²) in [5, 5.41) is 0.405. The lowest BCUT2D eigenvalue weighted by Crippen LogP contribution is -2.13. The van der Waals surface area contributed by atoms with Gasteiger partial charge in [0.1, 0.15) is 11.6 Å². The topological polar surface area (TPSA) is 0 Å². The molecular formula is C130H130Cl2F14.